The molecule has 0 spiro atoms. The normalized spacial score (nSPS) is 17.9. The van der Waals surface area contributed by atoms with Crippen molar-refractivity contribution >= 4 is 11.6 Å². The highest BCUT2D eigenvalue weighted by Gasteiger charge is 2.41. The van der Waals surface area contributed by atoms with Crippen LogP contribution in [0.5, 0.6) is 0 Å². The zero-order valence-corrected chi connectivity index (χ0v) is 18.3. The highest BCUT2D eigenvalue weighted by Crippen LogP contribution is 2.41. The Bertz CT molecular complexity index is 875. The Hall–Kier alpha value is -2.30. The molecular formula is C26H32F3NO. The number of benzene rings is 2. The lowest BCUT2D eigenvalue weighted by Crippen LogP contribution is -2.41. The smallest absolute Gasteiger partial charge is 0.231 e. The van der Waals surface area contributed by atoms with Gasteiger partial charge in [0, 0.05) is 12.1 Å². The lowest BCUT2D eigenvalue weighted by molar-refractivity contribution is -0.127. The van der Waals surface area contributed by atoms with Gasteiger partial charge in [-0.15, -0.1) is 0 Å². The first kappa shape index (κ1) is 23.4. The van der Waals surface area contributed by atoms with E-state index in [1.54, 1.807) is 0 Å². The molecule has 2 aromatic rings. The van der Waals surface area contributed by atoms with Crippen molar-refractivity contribution in [1.82, 2.24) is 0 Å². The lowest BCUT2D eigenvalue weighted by Gasteiger charge is -2.37. The number of hydrogen-bond acceptors (Lipinski definition) is 1. The number of rotatable bonds is 10. The number of carbonyl (C=O) groups is 1. The Morgan fingerprint density at radius 1 is 0.935 bits per heavy atom. The van der Waals surface area contributed by atoms with E-state index < -0.39 is 28.6 Å². The first-order valence-corrected chi connectivity index (χ1v) is 11.5. The highest BCUT2D eigenvalue weighted by molar-refractivity contribution is 5.96. The fourth-order valence-corrected chi connectivity index (χ4v) is 4.65. The van der Waals surface area contributed by atoms with E-state index in [2.05, 4.69) is 18.3 Å². The summed E-state index contributed by atoms with van der Waals surface area (Å²) in [6.45, 7) is 2.19. The van der Waals surface area contributed by atoms with Crippen molar-refractivity contribution in [3.05, 3.63) is 65.0 Å². The highest BCUT2D eigenvalue weighted by atomic mass is 19.1. The van der Waals surface area contributed by atoms with Gasteiger partial charge in [0.1, 0.15) is 11.5 Å². The maximum absolute atomic E-state index is 14.2. The third kappa shape index (κ3) is 5.90. The molecule has 1 atom stereocenters. The molecule has 2 nitrogen and oxygen atoms in total. The molecule has 0 saturated carbocycles. The Kier molecular flexibility index (Phi) is 8.16. The average Bonchev–Trinajstić information content (AvgIpc) is 2.75. The molecule has 1 aliphatic carbocycles. The molecule has 1 N–H and O–H groups in total. The molecule has 1 amide bonds. The monoisotopic (exact) mass is 431 g/mol. The summed E-state index contributed by atoms with van der Waals surface area (Å²) in [6, 6.07) is 9.24. The molecule has 0 aromatic heterocycles. The summed E-state index contributed by atoms with van der Waals surface area (Å²) < 4.78 is 41.6. The Labute approximate surface area is 183 Å². The van der Waals surface area contributed by atoms with Gasteiger partial charge in [-0.05, 0) is 36.8 Å². The molecule has 0 fully saturated rings. The molecular weight excluding hydrogens is 399 g/mol. The standard InChI is InChI=1S/C26H32F3NO/c1-2-3-4-5-6-7-10-14-26(15-13-19-11-8-9-12-20(19)18-26)25(31)30-24-22(28)16-21(27)17-23(24)29/h8-9,11-12,16-17H,2-7,10,13-15,18H2,1H3,(H,30,31). The summed E-state index contributed by atoms with van der Waals surface area (Å²) >= 11 is 0. The van der Waals surface area contributed by atoms with Crippen LogP contribution in [0.25, 0.3) is 0 Å². The number of halogens is 3. The first-order chi connectivity index (χ1) is 14.9. The Morgan fingerprint density at radius 3 is 2.23 bits per heavy atom. The van der Waals surface area contributed by atoms with E-state index in [-0.39, 0.29) is 5.91 Å². The van der Waals surface area contributed by atoms with Crippen LogP contribution in [0.2, 0.25) is 0 Å². The van der Waals surface area contributed by atoms with Gasteiger partial charge in [-0.3, -0.25) is 4.79 Å². The number of nitrogens with one attached hydrogen (secondary N) is 1. The molecule has 0 heterocycles. The minimum atomic E-state index is -1.09. The van der Waals surface area contributed by atoms with Crippen LogP contribution in [0.15, 0.2) is 36.4 Å². The SMILES string of the molecule is CCCCCCCCCC1(C(=O)Nc2c(F)cc(F)cc2F)CCc2ccccc2C1. The van der Waals surface area contributed by atoms with Crippen LogP contribution >= 0.6 is 0 Å². The molecule has 0 bridgehead atoms. The van der Waals surface area contributed by atoms with Gasteiger partial charge in [0.2, 0.25) is 5.91 Å². The number of fused-ring (bicyclic) bond motifs is 1. The molecule has 31 heavy (non-hydrogen) atoms. The largest absolute Gasteiger partial charge is 0.321 e. The summed E-state index contributed by atoms with van der Waals surface area (Å²) in [4.78, 5) is 13.4. The van der Waals surface area contributed by atoms with Gasteiger partial charge in [0.05, 0.1) is 5.41 Å². The van der Waals surface area contributed by atoms with E-state index in [1.165, 1.54) is 31.2 Å². The van der Waals surface area contributed by atoms with E-state index >= 15 is 0 Å². The number of unbranched alkanes of at least 4 members (excludes halogenated alkanes) is 6. The van der Waals surface area contributed by atoms with Crippen LogP contribution in [0, 0.1) is 22.9 Å². The molecule has 0 radical (unpaired) electrons. The van der Waals surface area contributed by atoms with Gasteiger partial charge in [-0.1, -0.05) is 76.1 Å². The summed E-state index contributed by atoms with van der Waals surface area (Å²) in [5.41, 5.74) is 1.06. The molecule has 168 valence electrons. The van der Waals surface area contributed by atoms with E-state index in [9.17, 15) is 18.0 Å². The minimum absolute atomic E-state index is 0.377. The number of anilines is 1. The predicted octanol–water partition coefficient (Wildman–Crippen LogP) is 7.36. The van der Waals surface area contributed by atoms with Crippen molar-refractivity contribution in [1.29, 1.82) is 0 Å². The van der Waals surface area contributed by atoms with Gasteiger partial charge in [-0.2, -0.15) is 0 Å². The van der Waals surface area contributed by atoms with Crippen LogP contribution in [-0.2, 0) is 17.6 Å². The summed E-state index contributed by atoms with van der Waals surface area (Å²) in [5, 5.41) is 2.46. The zero-order chi connectivity index (χ0) is 22.3. The maximum atomic E-state index is 14.2. The van der Waals surface area contributed by atoms with Crippen LogP contribution in [0.4, 0.5) is 18.9 Å². The van der Waals surface area contributed by atoms with Crippen molar-refractivity contribution in [2.45, 2.75) is 77.6 Å². The lowest BCUT2D eigenvalue weighted by atomic mass is 9.68. The Balaban J connectivity index is 1.74. The summed E-state index contributed by atoms with van der Waals surface area (Å²) in [5.74, 6) is -3.56. The molecule has 2 aromatic carbocycles. The third-order valence-corrected chi connectivity index (χ3v) is 6.51. The van der Waals surface area contributed by atoms with Gasteiger partial charge in [0.15, 0.2) is 11.6 Å². The number of carbonyl (C=O) groups excluding carboxylic acids is 1. The van der Waals surface area contributed by atoms with Gasteiger partial charge in [-0.25, -0.2) is 13.2 Å². The van der Waals surface area contributed by atoms with Crippen molar-refractivity contribution in [2.75, 3.05) is 5.32 Å². The minimum Gasteiger partial charge on any atom is -0.321 e. The van der Waals surface area contributed by atoms with E-state index in [0.29, 0.717) is 31.4 Å². The zero-order valence-electron chi connectivity index (χ0n) is 18.3. The Morgan fingerprint density at radius 2 is 1.55 bits per heavy atom. The molecule has 0 saturated heterocycles. The molecule has 0 aliphatic heterocycles. The van der Waals surface area contributed by atoms with Gasteiger partial charge < -0.3 is 5.32 Å². The van der Waals surface area contributed by atoms with Crippen LogP contribution in [0.3, 0.4) is 0 Å². The van der Waals surface area contributed by atoms with Crippen molar-refractivity contribution in [2.24, 2.45) is 5.41 Å². The summed E-state index contributed by atoms with van der Waals surface area (Å²) in [6.07, 6.45) is 10.6. The van der Waals surface area contributed by atoms with E-state index in [1.807, 2.05) is 18.2 Å². The predicted molar refractivity (Wildman–Crippen MR) is 118 cm³/mol. The molecule has 5 heteroatoms. The fourth-order valence-electron chi connectivity index (χ4n) is 4.65. The van der Waals surface area contributed by atoms with Crippen LogP contribution in [-0.4, -0.2) is 5.91 Å². The topological polar surface area (TPSA) is 29.1 Å². The summed E-state index contributed by atoms with van der Waals surface area (Å²) in [7, 11) is 0. The van der Waals surface area contributed by atoms with Crippen molar-refractivity contribution < 1.29 is 18.0 Å². The molecule has 1 unspecified atom stereocenters. The van der Waals surface area contributed by atoms with E-state index in [4.69, 9.17) is 0 Å². The second-order valence-electron chi connectivity index (χ2n) is 8.80. The number of hydrogen-bond donors (Lipinski definition) is 1. The average molecular weight is 432 g/mol. The fraction of sp³-hybridized carbons (Fsp3) is 0.500. The molecule has 1 aliphatic rings. The first-order valence-electron chi connectivity index (χ1n) is 11.5. The quantitative estimate of drug-likeness (QED) is 0.391. The number of aryl methyl sites for hydroxylation is 1. The van der Waals surface area contributed by atoms with Gasteiger partial charge >= 0.3 is 0 Å². The molecule has 3 rings (SSSR count). The second-order valence-corrected chi connectivity index (χ2v) is 8.80. The van der Waals surface area contributed by atoms with Gasteiger partial charge in [0.25, 0.3) is 0 Å². The van der Waals surface area contributed by atoms with E-state index in [0.717, 1.165) is 31.2 Å². The van der Waals surface area contributed by atoms with Crippen molar-refractivity contribution in [3.63, 3.8) is 0 Å². The maximum Gasteiger partial charge on any atom is 0.231 e. The van der Waals surface area contributed by atoms with Crippen LogP contribution < -0.4 is 5.32 Å². The second kappa shape index (κ2) is 10.8. The third-order valence-electron chi connectivity index (χ3n) is 6.51. The van der Waals surface area contributed by atoms with Crippen LogP contribution in [0.1, 0.15) is 75.8 Å². The van der Waals surface area contributed by atoms with Crippen molar-refractivity contribution in [3.8, 4) is 0 Å². The number of amides is 1.